The largest absolute Gasteiger partial charge is 0.306 e. The average molecular weight is 383 g/mol. The van der Waals surface area contributed by atoms with Gasteiger partial charge in [0.05, 0.1) is 6.04 Å². The Morgan fingerprint density at radius 2 is 1.90 bits per heavy atom. The van der Waals surface area contributed by atoms with Crippen LogP contribution in [0.25, 0.3) is 0 Å². The summed E-state index contributed by atoms with van der Waals surface area (Å²) >= 11 is 2.34. The minimum Gasteiger partial charge on any atom is -0.306 e. The van der Waals surface area contributed by atoms with Crippen molar-refractivity contribution in [3.05, 3.63) is 68.5 Å². The summed E-state index contributed by atoms with van der Waals surface area (Å²) in [4.78, 5) is 0. The molecule has 0 fully saturated rings. The fraction of sp³-hybridized carbons (Fsp3) is 0.294. The van der Waals surface area contributed by atoms with Crippen LogP contribution in [0.2, 0.25) is 0 Å². The molecule has 0 spiro atoms. The van der Waals surface area contributed by atoms with Crippen molar-refractivity contribution in [3.63, 3.8) is 0 Å². The molecule has 106 valence electrons. The number of benzene rings is 2. The van der Waals surface area contributed by atoms with E-state index in [1.165, 1.54) is 15.2 Å². The molecule has 0 aliphatic heterocycles. The van der Waals surface area contributed by atoms with Crippen molar-refractivity contribution in [2.75, 3.05) is 6.54 Å². The van der Waals surface area contributed by atoms with E-state index in [-0.39, 0.29) is 11.9 Å². The summed E-state index contributed by atoms with van der Waals surface area (Å²) in [5.74, 6) is -0.181. The minimum absolute atomic E-state index is 0.0405. The van der Waals surface area contributed by atoms with Gasteiger partial charge in [-0.25, -0.2) is 4.39 Å². The lowest BCUT2D eigenvalue weighted by atomic mass is 9.94. The van der Waals surface area contributed by atoms with Crippen LogP contribution in [0.15, 0.2) is 42.5 Å². The highest BCUT2D eigenvalue weighted by Crippen LogP contribution is 2.28. The van der Waals surface area contributed by atoms with Crippen LogP contribution >= 0.6 is 22.6 Å². The number of rotatable bonds is 5. The van der Waals surface area contributed by atoms with E-state index in [9.17, 15) is 4.39 Å². The zero-order chi connectivity index (χ0) is 14.5. The molecule has 0 aliphatic rings. The first-order valence-electron chi connectivity index (χ1n) is 6.87. The van der Waals surface area contributed by atoms with Gasteiger partial charge < -0.3 is 5.32 Å². The first-order chi connectivity index (χ1) is 9.63. The number of aryl methyl sites for hydroxylation is 1. The van der Waals surface area contributed by atoms with Crippen molar-refractivity contribution < 1.29 is 4.39 Å². The normalized spacial score (nSPS) is 12.4. The first kappa shape index (κ1) is 15.4. The molecule has 0 amide bonds. The summed E-state index contributed by atoms with van der Waals surface area (Å²) in [5, 5.41) is 3.54. The van der Waals surface area contributed by atoms with Gasteiger partial charge in [-0.1, -0.05) is 31.2 Å². The van der Waals surface area contributed by atoms with Crippen molar-refractivity contribution in [1.29, 1.82) is 0 Å². The molecule has 1 unspecified atom stereocenters. The third-order valence-electron chi connectivity index (χ3n) is 3.37. The second-order valence-corrected chi connectivity index (χ2v) is 6.07. The van der Waals surface area contributed by atoms with E-state index >= 15 is 0 Å². The predicted octanol–water partition coefficient (Wildman–Crippen LogP) is 4.83. The van der Waals surface area contributed by atoms with E-state index in [2.05, 4.69) is 47.0 Å². The van der Waals surface area contributed by atoms with Gasteiger partial charge in [0.15, 0.2) is 0 Å². The topological polar surface area (TPSA) is 12.0 Å². The van der Waals surface area contributed by atoms with Crippen molar-refractivity contribution in [2.24, 2.45) is 0 Å². The predicted molar refractivity (Wildman–Crippen MR) is 90.4 cm³/mol. The Balaban J connectivity index is 2.47. The molecule has 1 N–H and O–H groups in total. The number of hydrogen-bond donors (Lipinski definition) is 1. The number of nitrogens with one attached hydrogen (secondary N) is 1. The van der Waals surface area contributed by atoms with Crippen LogP contribution < -0.4 is 5.32 Å². The molecule has 0 bridgehead atoms. The quantitative estimate of drug-likeness (QED) is 0.730. The van der Waals surface area contributed by atoms with Crippen LogP contribution in [0.4, 0.5) is 4.39 Å². The fourth-order valence-corrected chi connectivity index (χ4v) is 3.01. The standard InChI is InChI=1S/C17H19FIN/c1-3-10-20-17(14-6-4-5-7-16(14)19)15-11-13(18)9-8-12(15)2/h4-9,11,17,20H,3,10H2,1-2H3. The van der Waals surface area contributed by atoms with Gasteiger partial charge in [-0.05, 0) is 77.4 Å². The van der Waals surface area contributed by atoms with Crippen molar-refractivity contribution >= 4 is 22.6 Å². The summed E-state index contributed by atoms with van der Waals surface area (Å²) in [6.45, 7) is 5.08. The highest BCUT2D eigenvalue weighted by atomic mass is 127. The second-order valence-electron chi connectivity index (χ2n) is 4.91. The summed E-state index contributed by atoms with van der Waals surface area (Å²) in [6, 6.07) is 13.3. The maximum Gasteiger partial charge on any atom is 0.123 e. The molecule has 0 aliphatic carbocycles. The van der Waals surface area contributed by atoms with Crippen LogP contribution in [-0.4, -0.2) is 6.54 Å². The van der Waals surface area contributed by atoms with E-state index in [1.54, 1.807) is 6.07 Å². The van der Waals surface area contributed by atoms with E-state index in [1.807, 2.05) is 25.1 Å². The lowest BCUT2D eigenvalue weighted by Gasteiger charge is -2.22. The Morgan fingerprint density at radius 1 is 1.15 bits per heavy atom. The zero-order valence-corrected chi connectivity index (χ0v) is 13.9. The van der Waals surface area contributed by atoms with E-state index < -0.39 is 0 Å². The van der Waals surface area contributed by atoms with E-state index in [4.69, 9.17) is 0 Å². The van der Waals surface area contributed by atoms with Gasteiger partial charge in [-0.3, -0.25) is 0 Å². The van der Waals surface area contributed by atoms with Crippen LogP contribution in [0, 0.1) is 16.3 Å². The van der Waals surface area contributed by atoms with Crippen LogP contribution in [0.3, 0.4) is 0 Å². The van der Waals surface area contributed by atoms with E-state index in [0.717, 1.165) is 24.1 Å². The molecule has 2 aromatic rings. The Hall–Kier alpha value is -0.940. The van der Waals surface area contributed by atoms with Crippen molar-refractivity contribution in [2.45, 2.75) is 26.3 Å². The molecule has 3 heteroatoms. The molecule has 0 radical (unpaired) electrons. The highest BCUT2D eigenvalue weighted by molar-refractivity contribution is 14.1. The molecule has 2 aromatic carbocycles. The molecular formula is C17H19FIN. The second kappa shape index (κ2) is 7.18. The molecule has 1 atom stereocenters. The Morgan fingerprint density at radius 3 is 2.60 bits per heavy atom. The Labute approximate surface area is 133 Å². The van der Waals surface area contributed by atoms with Crippen LogP contribution in [0.5, 0.6) is 0 Å². The number of halogens is 2. The van der Waals surface area contributed by atoms with Gasteiger partial charge >= 0.3 is 0 Å². The van der Waals surface area contributed by atoms with Crippen molar-refractivity contribution in [3.8, 4) is 0 Å². The van der Waals surface area contributed by atoms with Crippen LogP contribution in [0.1, 0.15) is 36.1 Å². The van der Waals surface area contributed by atoms with Gasteiger partial charge in [-0.15, -0.1) is 0 Å². The number of hydrogen-bond acceptors (Lipinski definition) is 1. The highest BCUT2D eigenvalue weighted by Gasteiger charge is 2.18. The Bertz CT molecular complexity index is 583. The van der Waals surface area contributed by atoms with E-state index in [0.29, 0.717) is 0 Å². The van der Waals surface area contributed by atoms with Crippen molar-refractivity contribution in [1.82, 2.24) is 5.32 Å². The Kier molecular flexibility index (Phi) is 5.54. The summed E-state index contributed by atoms with van der Waals surface area (Å²) in [5.41, 5.74) is 3.33. The third-order valence-corrected chi connectivity index (χ3v) is 4.35. The molecular weight excluding hydrogens is 364 g/mol. The van der Waals surface area contributed by atoms with Gasteiger partial charge in [0.2, 0.25) is 0 Å². The lowest BCUT2D eigenvalue weighted by molar-refractivity contribution is 0.581. The fourth-order valence-electron chi connectivity index (χ4n) is 2.31. The van der Waals surface area contributed by atoms with Gasteiger partial charge in [-0.2, -0.15) is 0 Å². The molecule has 0 saturated carbocycles. The first-order valence-corrected chi connectivity index (χ1v) is 7.95. The summed E-state index contributed by atoms with van der Waals surface area (Å²) < 4.78 is 14.8. The van der Waals surface area contributed by atoms with Crippen LogP contribution in [-0.2, 0) is 0 Å². The third kappa shape index (κ3) is 3.58. The molecule has 0 heterocycles. The molecule has 20 heavy (non-hydrogen) atoms. The lowest BCUT2D eigenvalue weighted by Crippen LogP contribution is -2.24. The monoisotopic (exact) mass is 383 g/mol. The molecule has 0 saturated heterocycles. The SMILES string of the molecule is CCCNC(c1cc(F)ccc1C)c1ccccc1I. The molecule has 0 aromatic heterocycles. The van der Waals surface area contributed by atoms with Gasteiger partial charge in [0.1, 0.15) is 5.82 Å². The maximum atomic E-state index is 13.6. The maximum absolute atomic E-state index is 13.6. The smallest absolute Gasteiger partial charge is 0.123 e. The zero-order valence-electron chi connectivity index (χ0n) is 11.8. The van der Waals surface area contributed by atoms with Gasteiger partial charge in [0.25, 0.3) is 0 Å². The summed E-state index contributed by atoms with van der Waals surface area (Å²) in [6.07, 6.45) is 1.05. The minimum atomic E-state index is -0.181. The summed E-state index contributed by atoms with van der Waals surface area (Å²) in [7, 11) is 0. The molecule has 2 rings (SSSR count). The average Bonchev–Trinajstić information content (AvgIpc) is 2.44. The molecule has 1 nitrogen and oxygen atoms in total. The van der Waals surface area contributed by atoms with Gasteiger partial charge in [0, 0.05) is 3.57 Å².